The first kappa shape index (κ1) is 15.1. The van der Waals surface area contributed by atoms with Crippen LogP contribution < -0.4 is 5.48 Å². The molecule has 21 heavy (non-hydrogen) atoms. The summed E-state index contributed by atoms with van der Waals surface area (Å²) in [7, 11) is 0. The second-order valence-corrected chi connectivity index (χ2v) is 4.70. The fourth-order valence-electron chi connectivity index (χ4n) is 1.95. The van der Waals surface area contributed by atoms with Gasteiger partial charge < -0.3 is 5.11 Å². The summed E-state index contributed by atoms with van der Waals surface area (Å²) in [6.45, 7) is 0.215. The summed E-state index contributed by atoms with van der Waals surface area (Å²) >= 11 is 0. The van der Waals surface area contributed by atoms with E-state index in [1.165, 1.54) is 6.08 Å². The van der Waals surface area contributed by atoms with E-state index in [4.69, 9.17) is 4.84 Å². The Kier molecular flexibility index (Phi) is 4.97. The van der Waals surface area contributed by atoms with Crippen molar-refractivity contribution in [1.29, 1.82) is 0 Å². The van der Waals surface area contributed by atoms with E-state index in [0.29, 0.717) is 0 Å². The topological polar surface area (TPSA) is 92.7 Å². The van der Waals surface area contributed by atoms with Crippen molar-refractivity contribution >= 4 is 17.5 Å². The Balaban J connectivity index is 1.78. The number of aliphatic hydroxyl groups is 1. The predicted molar refractivity (Wildman–Crippen MR) is 72.6 cm³/mol. The third-order valence-electron chi connectivity index (χ3n) is 3.10. The lowest BCUT2D eigenvalue weighted by Gasteiger charge is -2.20. The molecule has 0 saturated heterocycles. The zero-order valence-corrected chi connectivity index (χ0v) is 11.2. The molecule has 2 atom stereocenters. The summed E-state index contributed by atoms with van der Waals surface area (Å²) in [6.07, 6.45) is 0.844. The van der Waals surface area contributed by atoms with Crippen LogP contribution in [0.15, 0.2) is 42.5 Å². The minimum atomic E-state index is -1.47. The molecule has 0 unspecified atom stereocenters. The van der Waals surface area contributed by atoms with E-state index in [9.17, 15) is 19.5 Å². The molecule has 1 aliphatic rings. The Morgan fingerprint density at radius 2 is 1.95 bits per heavy atom. The van der Waals surface area contributed by atoms with Crippen LogP contribution >= 0.6 is 0 Å². The Hall–Kier alpha value is -2.31. The standard InChI is InChI=1S/C15H15NO5/c17-12-7-6-11(14(19)15(12)20)8-13(18)16-21-9-10-4-2-1-3-5-10/h1-7,11,14,19H,8-9H2,(H,16,18)/t11-,14+/m1/s1. The fourth-order valence-corrected chi connectivity index (χ4v) is 1.95. The van der Waals surface area contributed by atoms with Gasteiger partial charge in [0.05, 0.1) is 6.61 Å². The highest BCUT2D eigenvalue weighted by Crippen LogP contribution is 2.17. The van der Waals surface area contributed by atoms with E-state index in [0.717, 1.165) is 11.6 Å². The number of hydrogen-bond donors (Lipinski definition) is 2. The van der Waals surface area contributed by atoms with Gasteiger partial charge in [0.2, 0.25) is 17.5 Å². The minimum Gasteiger partial charge on any atom is -0.384 e. The van der Waals surface area contributed by atoms with Crippen molar-refractivity contribution < 1.29 is 24.3 Å². The molecule has 0 aliphatic heterocycles. The van der Waals surface area contributed by atoms with Crippen molar-refractivity contribution in [2.45, 2.75) is 19.1 Å². The zero-order chi connectivity index (χ0) is 15.2. The number of hydroxylamine groups is 1. The zero-order valence-electron chi connectivity index (χ0n) is 11.2. The number of hydrogen-bond acceptors (Lipinski definition) is 5. The highest BCUT2D eigenvalue weighted by atomic mass is 16.6. The Bertz CT molecular complexity index is 567. The van der Waals surface area contributed by atoms with E-state index in [1.54, 1.807) is 0 Å². The van der Waals surface area contributed by atoms with Crippen LogP contribution in [-0.2, 0) is 25.8 Å². The molecule has 6 heteroatoms. The van der Waals surface area contributed by atoms with Crippen LogP contribution in [0.1, 0.15) is 12.0 Å². The average Bonchev–Trinajstić information content (AvgIpc) is 2.49. The van der Waals surface area contributed by atoms with Crippen molar-refractivity contribution in [3.63, 3.8) is 0 Å². The van der Waals surface area contributed by atoms with Crippen molar-refractivity contribution in [1.82, 2.24) is 5.48 Å². The van der Waals surface area contributed by atoms with E-state index in [2.05, 4.69) is 5.48 Å². The number of benzene rings is 1. The summed E-state index contributed by atoms with van der Waals surface area (Å²) in [6, 6.07) is 9.28. The lowest BCUT2D eigenvalue weighted by Crippen LogP contribution is -2.39. The van der Waals surface area contributed by atoms with Crippen LogP contribution in [0.25, 0.3) is 0 Å². The first-order chi connectivity index (χ1) is 10.1. The average molecular weight is 289 g/mol. The van der Waals surface area contributed by atoms with E-state index < -0.39 is 29.5 Å². The smallest absolute Gasteiger partial charge is 0.244 e. The number of carbonyl (C=O) groups is 3. The maximum absolute atomic E-state index is 11.7. The summed E-state index contributed by atoms with van der Waals surface area (Å²) < 4.78 is 0. The molecule has 0 aromatic heterocycles. The molecule has 0 fully saturated rings. The number of carbonyl (C=O) groups excluding carboxylic acids is 3. The largest absolute Gasteiger partial charge is 0.384 e. The van der Waals surface area contributed by atoms with E-state index >= 15 is 0 Å². The number of amides is 1. The van der Waals surface area contributed by atoms with Gasteiger partial charge in [-0.05, 0) is 11.6 Å². The molecular weight excluding hydrogens is 274 g/mol. The molecule has 1 aromatic rings. The molecule has 1 amide bonds. The predicted octanol–water partition coefficient (Wildman–Crippen LogP) is 0.310. The van der Waals surface area contributed by atoms with Gasteiger partial charge in [0.25, 0.3) is 0 Å². The molecule has 0 heterocycles. The lowest BCUT2D eigenvalue weighted by atomic mass is 9.88. The van der Waals surface area contributed by atoms with Gasteiger partial charge in [0.15, 0.2) is 0 Å². The first-order valence-electron chi connectivity index (χ1n) is 6.47. The molecule has 2 N–H and O–H groups in total. The fraction of sp³-hybridized carbons (Fsp3) is 0.267. The molecule has 2 rings (SSSR count). The van der Waals surface area contributed by atoms with Gasteiger partial charge in [-0.25, -0.2) is 5.48 Å². The number of Topliss-reactive ketones (excluding diaryl/α,β-unsaturated/α-hetero) is 1. The quantitative estimate of drug-likeness (QED) is 0.601. The number of nitrogens with one attached hydrogen (secondary N) is 1. The van der Waals surface area contributed by atoms with Crippen molar-refractivity contribution in [2.75, 3.05) is 0 Å². The van der Waals surface area contributed by atoms with Crippen molar-refractivity contribution in [3.8, 4) is 0 Å². The SMILES string of the molecule is O=C(C[C@H]1C=CC(=O)C(=O)[C@H]1O)NOCc1ccccc1. The second-order valence-electron chi connectivity index (χ2n) is 4.70. The normalized spacial score (nSPS) is 21.4. The summed E-state index contributed by atoms with van der Waals surface area (Å²) in [5.41, 5.74) is 3.14. The van der Waals surface area contributed by atoms with Crippen LogP contribution in [0.4, 0.5) is 0 Å². The maximum Gasteiger partial charge on any atom is 0.244 e. The van der Waals surface area contributed by atoms with Gasteiger partial charge in [-0.15, -0.1) is 0 Å². The third kappa shape index (κ3) is 4.08. The summed E-state index contributed by atoms with van der Waals surface area (Å²) in [5, 5.41) is 9.62. The lowest BCUT2D eigenvalue weighted by molar-refractivity contribution is -0.143. The van der Waals surface area contributed by atoms with Gasteiger partial charge in [-0.1, -0.05) is 36.4 Å². The molecule has 0 bridgehead atoms. The third-order valence-corrected chi connectivity index (χ3v) is 3.10. The Labute approximate surface area is 121 Å². The second kappa shape index (κ2) is 6.92. The molecule has 6 nitrogen and oxygen atoms in total. The van der Waals surface area contributed by atoms with Crippen LogP contribution in [0.5, 0.6) is 0 Å². The maximum atomic E-state index is 11.7. The van der Waals surface area contributed by atoms with E-state index in [-0.39, 0.29) is 13.0 Å². The molecule has 1 aliphatic carbocycles. The number of aliphatic hydroxyl groups excluding tert-OH is 1. The molecule has 1 aromatic carbocycles. The van der Waals surface area contributed by atoms with Crippen LogP contribution in [-0.4, -0.2) is 28.7 Å². The van der Waals surface area contributed by atoms with Gasteiger partial charge in [-0.2, -0.15) is 0 Å². The molecule has 110 valence electrons. The van der Waals surface area contributed by atoms with Crippen LogP contribution in [0.3, 0.4) is 0 Å². The molecule has 0 spiro atoms. The minimum absolute atomic E-state index is 0.133. The summed E-state index contributed by atoms with van der Waals surface area (Å²) in [5.74, 6) is -2.82. The number of ketones is 2. The molecule has 0 saturated carbocycles. The number of allylic oxidation sites excluding steroid dienone is 1. The van der Waals surface area contributed by atoms with Gasteiger partial charge in [-0.3, -0.25) is 19.2 Å². The van der Waals surface area contributed by atoms with E-state index in [1.807, 2.05) is 30.3 Å². The van der Waals surface area contributed by atoms with Crippen molar-refractivity contribution in [3.05, 3.63) is 48.0 Å². The molecule has 0 radical (unpaired) electrons. The molecular formula is C15H15NO5. The van der Waals surface area contributed by atoms with Crippen molar-refractivity contribution in [2.24, 2.45) is 5.92 Å². The highest BCUT2D eigenvalue weighted by molar-refractivity contribution is 6.43. The first-order valence-corrected chi connectivity index (χ1v) is 6.47. The van der Waals surface area contributed by atoms with Crippen LogP contribution in [0.2, 0.25) is 0 Å². The number of rotatable bonds is 5. The van der Waals surface area contributed by atoms with Gasteiger partial charge >= 0.3 is 0 Å². The van der Waals surface area contributed by atoms with Gasteiger partial charge in [0.1, 0.15) is 6.10 Å². The summed E-state index contributed by atoms with van der Waals surface area (Å²) in [4.78, 5) is 39.1. The van der Waals surface area contributed by atoms with Gasteiger partial charge in [0, 0.05) is 12.3 Å². The van der Waals surface area contributed by atoms with Crippen LogP contribution in [0, 0.1) is 5.92 Å². The Morgan fingerprint density at radius 1 is 1.24 bits per heavy atom. The Morgan fingerprint density at radius 3 is 2.67 bits per heavy atom. The highest BCUT2D eigenvalue weighted by Gasteiger charge is 2.33. The monoisotopic (exact) mass is 289 g/mol.